The van der Waals surface area contributed by atoms with Gasteiger partial charge < -0.3 is 14.5 Å². The standard InChI is InChI=1S/C12H20N2O4/c1-4-17-8-11(9(2)3)13-7-10-5-6-12(18-10)14(15)16/h5-6,9,11,13H,4,7-8H2,1-3H3. The smallest absolute Gasteiger partial charge is 0.404 e. The van der Waals surface area contributed by atoms with Crippen LogP contribution in [0.25, 0.3) is 0 Å². The highest BCUT2D eigenvalue weighted by Crippen LogP contribution is 2.15. The van der Waals surface area contributed by atoms with Crippen LogP contribution < -0.4 is 5.32 Å². The van der Waals surface area contributed by atoms with E-state index in [1.165, 1.54) is 6.07 Å². The lowest BCUT2D eigenvalue weighted by Crippen LogP contribution is -2.37. The summed E-state index contributed by atoms with van der Waals surface area (Å²) in [5.74, 6) is 0.753. The molecule has 1 aromatic rings. The highest BCUT2D eigenvalue weighted by molar-refractivity contribution is 5.17. The number of ether oxygens (including phenoxy) is 1. The second kappa shape index (κ2) is 7.13. The number of furan rings is 1. The minimum Gasteiger partial charge on any atom is -0.404 e. The van der Waals surface area contributed by atoms with Gasteiger partial charge in [0.1, 0.15) is 10.7 Å². The second-order valence-electron chi connectivity index (χ2n) is 4.39. The van der Waals surface area contributed by atoms with Gasteiger partial charge in [-0.2, -0.15) is 0 Å². The van der Waals surface area contributed by atoms with E-state index in [1.54, 1.807) is 6.07 Å². The summed E-state index contributed by atoms with van der Waals surface area (Å²) in [7, 11) is 0. The minimum atomic E-state index is -0.538. The molecule has 6 heteroatoms. The van der Waals surface area contributed by atoms with Gasteiger partial charge >= 0.3 is 5.88 Å². The predicted octanol–water partition coefficient (Wildman–Crippen LogP) is 2.34. The van der Waals surface area contributed by atoms with E-state index in [4.69, 9.17) is 9.15 Å². The molecular formula is C12H20N2O4. The summed E-state index contributed by atoms with van der Waals surface area (Å²) in [6, 6.07) is 3.18. The van der Waals surface area contributed by atoms with Crippen molar-refractivity contribution in [2.24, 2.45) is 5.92 Å². The predicted molar refractivity (Wildman–Crippen MR) is 67.3 cm³/mol. The summed E-state index contributed by atoms with van der Waals surface area (Å²) in [5, 5.41) is 13.8. The lowest BCUT2D eigenvalue weighted by molar-refractivity contribution is -0.402. The Morgan fingerprint density at radius 1 is 1.50 bits per heavy atom. The van der Waals surface area contributed by atoms with Gasteiger partial charge in [0.2, 0.25) is 0 Å². The Kier molecular flexibility index (Phi) is 5.80. The van der Waals surface area contributed by atoms with E-state index in [0.29, 0.717) is 31.4 Å². The van der Waals surface area contributed by atoms with Crippen LogP contribution in [-0.2, 0) is 11.3 Å². The van der Waals surface area contributed by atoms with Crippen molar-refractivity contribution >= 4 is 5.88 Å². The molecule has 0 aliphatic rings. The van der Waals surface area contributed by atoms with Crippen molar-refractivity contribution in [1.29, 1.82) is 0 Å². The SMILES string of the molecule is CCOCC(NCc1ccc([N+](=O)[O-])o1)C(C)C. The molecule has 1 N–H and O–H groups in total. The molecule has 0 aromatic carbocycles. The van der Waals surface area contributed by atoms with Crippen LogP contribution in [0.5, 0.6) is 0 Å². The van der Waals surface area contributed by atoms with E-state index < -0.39 is 4.92 Å². The van der Waals surface area contributed by atoms with Crippen LogP contribution in [-0.4, -0.2) is 24.2 Å². The van der Waals surface area contributed by atoms with Crippen molar-refractivity contribution in [2.75, 3.05) is 13.2 Å². The summed E-state index contributed by atoms with van der Waals surface area (Å²) in [4.78, 5) is 9.94. The van der Waals surface area contributed by atoms with Gasteiger partial charge in [-0.05, 0) is 18.9 Å². The molecule has 0 fully saturated rings. The van der Waals surface area contributed by atoms with Crippen LogP contribution in [0.1, 0.15) is 26.5 Å². The number of nitro groups is 1. The molecule has 0 aliphatic carbocycles. The molecule has 0 amide bonds. The fourth-order valence-corrected chi connectivity index (χ4v) is 1.52. The minimum absolute atomic E-state index is 0.203. The summed E-state index contributed by atoms with van der Waals surface area (Å²) in [6.07, 6.45) is 0. The third-order valence-corrected chi connectivity index (χ3v) is 2.67. The van der Waals surface area contributed by atoms with E-state index in [0.717, 1.165) is 0 Å². The van der Waals surface area contributed by atoms with E-state index in [2.05, 4.69) is 19.2 Å². The summed E-state index contributed by atoms with van der Waals surface area (Å²) in [5.41, 5.74) is 0. The van der Waals surface area contributed by atoms with E-state index in [-0.39, 0.29) is 11.9 Å². The molecule has 0 bridgehead atoms. The fraction of sp³-hybridized carbons (Fsp3) is 0.667. The van der Waals surface area contributed by atoms with Gasteiger partial charge in [0.15, 0.2) is 0 Å². The van der Waals surface area contributed by atoms with Gasteiger partial charge in [-0.3, -0.25) is 10.1 Å². The largest absolute Gasteiger partial charge is 0.433 e. The van der Waals surface area contributed by atoms with Crippen molar-refractivity contribution in [3.63, 3.8) is 0 Å². The van der Waals surface area contributed by atoms with E-state index in [9.17, 15) is 10.1 Å². The zero-order valence-electron chi connectivity index (χ0n) is 11.0. The number of hydrogen-bond acceptors (Lipinski definition) is 5. The lowest BCUT2D eigenvalue weighted by Gasteiger charge is -2.21. The highest BCUT2D eigenvalue weighted by atomic mass is 16.6. The maximum Gasteiger partial charge on any atom is 0.433 e. The fourth-order valence-electron chi connectivity index (χ4n) is 1.52. The van der Waals surface area contributed by atoms with Crippen LogP contribution in [0.4, 0.5) is 5.88 Å². The van der Waals surface area contributed by atoms with Crippen LogP contribution in [0.15, 0.2) is 16.5 Å². The Morgan fingerprint density at radius 3 is 2.72 bits per heavy atom. The number of nitrogens with one attached hydrogen (secondary N) is 1. The Bertz CT molecular complexity index is 376. The first-order valence-electron chi connectivity index (χ1n) is 6.08. The van der Waals surface area contributed by atoms with E-state index in [1.807, 2.05) is 6.92 Å². The quantitative estimate of drug-likeness (QED) is 0.570. The molecule has 0 saturated heterocycles. The molecule has 0 spiro atoms. The Balaban J connectivity index is 2.47. The van der Waals surface area contributed by atoms with Crippen LogP contribution in [0.3, 0.4) is 0 Å². The van der Waals surface area contributed by atoms with Gasteiger partial charge in [0.05, 0.1) is 19.2 Å². The van der Waals surface area contributed by atoms with Crippen LogP contribution in [0.2, 0.25) is 0 Å². The molecule has 102 valence electrons. The monoisotopic (exact) mass is 256 g/mol. The molecular weight excluding hydrogens is 236 g/mol. The molecule has 1 atom stereocenters. The van der Waals surface area contributed by atoms with Crippen molar-refractivity contribution < 1.29 is 14.1 Å². The first kappa shape index (κ1) is 14.7. The molecule has 0 saturated carbocycles. The third kappa shape index (κ3) is 4.46. The number of nitrogens with zero attached hydrogens (tertiary/aromatic N) is 1. The van der Waals surface area contributed by atoms with Crippen molar-refractivity contribution in [3.8, 4) is 0 Å². The zero-order chi connectivity index (χ0) is 13.5. The summed E-state index contributed by atoms with van der Waals surface area (Å²) >= 11 is 0. The summed E-state index contributed by atoms with van der Waals surface area (Å²) < 4.78 is 10.5. The molecule has 18 heavy (non-hydrogen) atoms. The molecule has 0 aliphatic heterocycles. The van der Waals surface area contributed by atoms with Crippen molar-refractivity contribution in [1.82, 2.24) is 5.32 Å². The first-order chi connectivity index (χ1) is 8.54. The molecule has 1 aromatic heterocycles. The maximum absolute atomic E-state index is 10.5. The van der Waals surface area contributed by atoms with Crippen LogP contribution in [0, 0.1) is 16.0 Å². The van der Waals surface area contributed by atoms with Gasteiger partial charge in [0, 0.05) is 12.6 Å². The Labute approximate surface area is 106 Å². The normalized spacial score (nSPS) is 12.9. The zero-order valence-corrected chi connectivity index (χ0v) is 11.0. The van der Waals surface area contributed by atoms with Crippen LogP contribution >= 0.6 is 0 Å². The van der Waals surface area contributed by atoms with Gasteiger partial charge in [0.25, 0.3) is 0 Å². The number of hydrogen-bond donors (Lipinski definition) is 1. The molecule has 1 unspecified atom stereocenters. The molecule has 1 heterocycles. The van der Waals surface area contributed by atoms with Crippen molar-refractivity contribution in [2.45, 2.75) is 33.4 Å². The van der Waals surface area contributed by atoms with E-state index >= 15 is 0 Å². The second-order valence-corrected chi connectivity index (χ2v) is 4.39. The summed E-state index contributed by atoms with van der Waals surface area (Å²) in [6.45, 7) is 7.91. The number of rotatable bonds is 8. The topological polar surface area (TPSA) is 77.5 Å². The average Bonchev–Trinajstić information content (AvgIpc) is 2.77. The highest BCUT2D eigenvalue weighted by Gasteiger charge is 2.15. The maximum atomic E-state index is 10.5. The average molecular weight is 256 g/mol. The van der Waals surface area contributed by atoms with Gasteiger partial charge in [-0.25, -0.2) is 0 Å². The van der Waals surface area contributed by atoms with Crippen molar-refractivity contribution in [3.05, 3.63) is 28.0 Å². The Morgan fingerprint density at radius 2 is 2.22 bits per heavy atom. The molecule has 6 nitrogen and oxygen atoms in total. The molecule has 0 radical (unpaired) electrons. The van der Waals surface area contributed by atoms with Gasteiger partial charge in [-0.1, -0.05) is 13.8 Å². The Hall–Kier alpha value is -1.40. The first-order valence-corrected chi connectivity index (χ1v) is 6.08. The lowest BCUT2D eigenvalue weighted by atomic mass is 10.1. The third-order valence-electron chi connectivity index (χ3n) is 2.67. The molecule has 1 rings (SSSR count). The van der Waals surface area contributed by atoms with Gasteiger partial charge in [-0.15, -0.1) is 0 Å².